The Morgan fingerprint density at radius 2 is 2.06 bits per heavy atom. The fourth-order valence-corrected chi connectivity index (χ4v) is 1.45. The van der Waals surface area contributed by atoms with Gasteiger partial charge >= 0.3 is 12.1 Å². The maximum absolute atomic E-state index is 12.4. The number of hydrogen-bond acceptors (Lipinski definition) is 3. The molecule has 1 aromatic carbocycles. The number of ether oxygens (including phenoxy) is 1. The van der Waals surface area contributed by atoms with Crippen LogP contribution < -0.4 is 0 Å². The second kappa shape index (κ2) is 5.75. The number of aromatic hydroxyl groups is 1. The zero-order valence-corrected chi connectivity index (χ0v) is 9.75. The van der Waals surface area contributed by atoms with E-state index < -0.39 is 23.5 Å². The molecular weight excluding hydrogens is 249 g/mol. The number of esters is 1. The van der Waals surface area contributed by atoms with Crippen LogP contribution in [0.3, 0.4) is 0 Å². The molecule has 100 valence electrons. The van der Waals surface area contributed by atoms with Crippen molar-refractivity contribution in [2.45, 2.75) is 25.9 Å². The molecule has 18 heavy (non-hydrogen) atoms. The third kappa shape index (κ3) is 3.94. The minimum absolute atomic E-state index is 0.0681. The van der Waals surface area contributed by atoms with Crippen molar-refractivity contribution >= 4 is 5.97 Å². The molecule has 0 radical (unpaired) electrons. The summed E-state index contributed by atoms with van der Waals surface area (Å²) in [4.78, 5) is 11.1. The van der Waals surface area contributed by atoms with E-state index in [1.165, 1.54) is 6.07 Å². The number of phenols is 1. The molecule has 0 saturated heterocycles. The average molecular weight is 262 g/mol. The predicted molar refractivity (Wildman–Crippen MR) is 58.1 cm³/mol. The standard InChI is InChI=1S/C12H13F3O3/c1-2-18-11(17)6-4-8-3-5-9(10(16)7-8)12(13,14)15/h3,5,7,16H,2,4,6H2,1H3. The zero-order chi connectivity index (χ0) is 13.8. The van der Waals surface area contributed by atoms with Gasteiger partial charge in [-0.2, -0.15) is 13.2 Å². The van der Waals surface area contributed by atoms with Crippen molar-refractivity contribution in [3.8, 4) is 5.75 Å². The van der Waals surface area contributed by atoms with Crippen molar-refractivity contribution in [3.63, 3.8) is 0 Å². The van der Waals surface area contributed by atoms with Crippen LogP contribution in [0, 0.1) is 0 Å². The molecular formula is C12H13F3O3. The van der Waals surface area contributed by atoms with Crippen molar-refractivity contribution in [2.24, 2.45) is 0 Å². The van der Waals surface area contributed by atoms with Gasteiger partial charge in [-0.25, -0.2) is 0 Å². The van der Waals surface area contributed by atoms with Gasteiger partial charge in [-0.15, -0.1) is 0 Å². The molecule has 6 heteroatoms. The first kappa shape index (κ1) is 14.3. The molecule has 0 saturated carbocycles. The first-order valence-corrected chi connectivity index (χ1v) is 5.39. The molecule has 0 heterocycles. The summed E-state index contributed by atoms with van der Waals surface area (Å²) >= 11 is 0. The molecule has 0 bridgehead atoms. The lowest BCUT2D eigenvalue weighted by molar-refractivity contribution is -0.143. The largest absolute Gasteiger partial charge is 0.507 e. The minimum Gasteiger partial charge on any atom is -0.507 e. The van der Waals surface area contributed by atoms with Crippen LogP contribution in [0.25, 0.3) is 0 Å². The summed E-state index contributed by atoms with van der Waals surface area (Å²) in [5, 5.41) is 9.26. The quantitative estimate of drug-likeness (QED) is 0.849. The molecule has 0 aromatic heterocycles. The summed E-state index contributed by atoms with van der Waals surface area (Å²) < 4.78 is 41.8. The normalized spacial score (nSPS) is 11.3. The van der Waals surface area contributed by atoms with E-state index in [9.17, 15) is 23.1 Å². The van der Waals surface area contributed by atoms with E-state index in [1.807, 2.05) is 0 Å². The predicted octanol–water partition coefficient (Wildman–Crippen LogP) is 2.91. The second-order valence-electron chi connectivity index (χ2n) is 3.65. The number of benzene rings is 1. The van der Waals surface area contributed by atoms with Crippen LogP contribution in [0.5, 0.6) is 5.75 Å². The maximum Gasteiger partial charge on any atom is 0.419 e. The molecule has 1 N–H and O–H groups in total. The molecule has 0 aliphatic rings. The summed E-state index contributed by atoms with van der Waals surface area (Å²) in [5.74, 6) is -1.25. The number of alkyl halides is 3. The van der Waals surface area contributed by atoms with E-state index in [0.717, 1.165) is 12.1 Å². The van der Waals surface area contributed by atoms with Crippen LogP contribution in [0.1, 0.15) is 24.5 Å². The molecule has 1 rings (SSSR count). The smallest absolute Gasteiger partial charge is 0.419 e. The highest BCUT2D eigenvalue weighted by atomic mass is 19.4. The van der Waals surface area contributed by atoms with E-state index in [4.69, 9.17) is 4.74 Å². The van der Waals surface area contributed by atoms with E-state index in [2.05, 4.69) is 0 Å². The van der Waals surface area contributed by atoms with Gasteiger partial charge in [0.1, 0.15) is 5.75 Å². The molecule has 0 fully saturated rings. The number of phenolic OH excluding ortho intramolecular Hbond substituents is 1. The highest BCUT2D eigenvalue weighted by Crippen LogP contribution is 2.36. The summed E-state index contributed by atoms with van der Waals surface area (Å²) in [5.41, 5.74) is -0.629. The summed E-state index contributed by atoms with van der Waals surface area (Å²) in [6, 6.07) is 3.06. The van der Waals surface area contributed by atoms with Gasteiger partial charge in [-0.05, 0) is 31.0 Å². The Hall–Kier alpha value is -1.72. The van der Waals surface area contributed by atoms with Crippen molar-refractivity contribution in [2.75, 3.05) is 6.61 Å². The highest BCUT2D eigenvalue weighted by molar-refractivity contribution is 5.69. The van der Waals surface area contributed by atoms with Crippen molar-refractivity contribution in [3.05, 3.63) is 29.3 Å². The molecule has 0 amide bonds. The van der Waals surface area contributed by atoms with Gasteiger partial charge in [-0.3, -0.25) is 4.79 Å². The molecule has 0 atom stereocenters. The Balaban J connectivity index is 2.71. The van der Waals surface area contributed by atoms with Gasteiger partial charge in [0, 0.05) is 6.42 Å². The van der Waals surface area contributed by atoms with E-state index >= 15 is 0 Å². The highest BCUT2D eigenvalue weighted by Gasteiger charge is 2.33. The monoisotopic (exact) mass is 262 g/mol. The van der Waals surface area contributed by atoms with Crippen LogP contribution in [0.15, 0.2) is 18.2 Å². The number of carbonyl (C=O) groups is 1. The number of hydrogen-bond donors (Lipinski definition) is 1. The Bertz CT molecular complexity index is 427. The van der Waals surface area contributed by atoms with Gasteiger partial charge in [-0.1, -0.05) is 6.07 Å². The topological polar surface area (TPSA) is 46.5 Å². The molecule has 0 aliphatic carbocycles. The Morgan fingerprint density at radius 3 is 2.56 bits per heavy atom. The summed E-state index contributed by atoms with van der Waals surface area (Å²) in [6.45, 7) is 1.93. The fourth-order valence-electron chi connectivity index (χ4n) is 1.45. The molecule has 0 unspecified atom stereocenters. The Kier molecular flexibility index (Phi) is 4.58. The Labute approximate surface area is 102 Å². The first-order chi connectivity index (χ1) is 8.34. The summed E-state index contributed by atoms with van der Waals surface area (Å²) in [6.07, 6.45) is -4.28. The lowest BCUT2D eigenvalue weighted by atomic mass is 10.1. The minimum atomic E-state index is -4.58. The van der Waals surface area contributed by atoms with E-state index in [-0.39, 0.29) is 19.4 Å². The number of carbonyl (C=O) groups excluding carboxylic acids is 1. The van der Waals surface area contributed by atoms with Gasteiger partial charge in [0.05, 0.1) is 12.2 Å². The van der Waals surface area contributed by atoms with Crippen LogP contribution in [0.4, 0.5) is 13.2 Å². The number of aryl methyl sites for hydroxylation is 1. The average Bonchev–Trinajstić information content (AvgIpc) is 2.25. The number of halogens is 3. The maximum atomic E-state index is 12.4. The van der Waals surface area contributed by atoms with Gasteiger partial charge in [0.25, 0.3) is 0 Å². The van der Waals surface area contributed by atoms with Crippen LogP contribution in [-0.4, -0.2) is 17.7 Å². The van der Waals surface area contributed by atoms with Gasteiger partial charge in [0.2, 0.25) is 0 Å². The molecule has 1 aromatic rings. The summed E-state index contributed by atoms with van der Waals surface area (Å²) in [7, 11) is 0. The van der Waals surface area contributed by atoms with Crippen LogP contribution in [0.2, 0.25) is 0 Å². The molecule has 0 aliphatic heterocycles. The fraction of sp³-hybridized carbons (Fsp3) is 0.417. The van der Waals surface area contributed by atoms with Gasteiger partial charge < -0.3 is 9.84 Å². The van der Waals surface area contributed by atoms with Crippen molar-refractivity contribution in [1.82, 2.24) is 0 Å². The van der Waals surface area contributed by atoms with Gasteiger partial charge in [0.15, 0.2) is 0 Å². The second-order valence-corrected chi connectivity index (χ2v) is 3.65. The first-order valence-electron chi connectivity index (χ1n) is 5.39. The third-order valence-electron chi connectivity index (χ3n) is 2.29. The SMILES string of the molecule is CCOC(=O)CCc1ccc(C(F)(F)F)c(O)c1. The van der Waals surface area contributed by atoms with Crippen molar-refractivity contribution < 1.29 is 27.8 Å². The van der Waals surface area contributed by atoms with Crippen LogP contribution >= 0.6 is 0 Å². The zero-order valence-electron chi connectivity index (χ0n) is 9.75. The molecule has 0 spiro atoms. The third-order valence-corrected chi connectivity index (χ3v) is 2.29. The van der Waals surface area contributed by atoms with E-state index in [0.29, 0.717) is 5.56 Å². The van der Waals surface area contributed by atoms with E-state index in [1.54, 1.807) is 6.92 Å². The van der Waals surface area contributed by atoms with Crippen molar-refractivity contribution in [1.29, 1.82) is 0 Å². The Morgan fingerprint density at radius 1 is 1.39 bits per heavy atom. The number of rotatable bonds is 4. The van der Waals surface area contributed by atoms with Crippen LogP contribution in [-0.2, 0) is 22.1 Å². The lowest BCUT2D eigenvalue weighted by Gasteiger charge is -2.10. The molecule has 3 nitrogen and oxygen atoms in total. The lowest BCUT2D eigenvalue weighted by Crippen LogP contribution is -2.07.